The molecule has 1 amide bonds. The number of anilines is 2. The predicted octanol–water partition coefficient (Wildman–Crippen LogP) is 5.13. The Morgan fingerprint density at radius 1 is 1.02 bits per heavy atom. The van der Waals surface area contributed by atoms with Gasteiger partial charge in [-0.1, -0.05) is 12.1 Å². The molecule has 3 heterocycles. The van der Waals surface area contributed by atoms with Crippen LogP contribution < -0.4 is 15.4 Å². The number of nitrogens with zero attached hydrogens (tertiary/aromatic N) is 5. The van der Waals surface area contributed by atoms with Gasteiger partial charge in [0.05, 0.1) is 11.1 Å². The van der Waals surface area contributed by atoms with Gasteiger partial charge in [-0.15, -0.1) is 0 Å². The SMILES string of the molecule is CNc1nc(Oc2cc(C(=O)Nc3ccc(CN4CCN(C)CC4)c(C(F)(F)F)c3)ccc2C)c2c(ccn2C)n1. The van der Waals surface area contributed by atoms with E-state index in [-0.39, 0.29) is 23.4 Å². The number of rotatable bonds is 7. The van der Waals surface area contributed by atoms with Crippen molar-refractivity contribution in [3.63, 3.8) is 0 Å². The topological polar surface area (TPSA) is 87.5 Å². The Morgan fingerprint density at radius 2 is 1.78 bits per heavy atom. The van der Waals surface area contributed by atoms with Gasteiger partial charge in [0, 0.05) is 64.3 Å². The fourth-order valence-corrected chi connectivity index (χ4v) is 4.80. The van der Waals surface area contributed by atoms with E-state index < -0.39 is 17.6 Å². The van der Waals surface area contributed by atoms with E-state index >= 15 is 0 Å². The van der Waals surface area contributed by atoms with Crippen LogP contribution >= 0.6 is 0 Å². The lowest BCUT2D eigenvalue weighted by Crippen LogP contribution is -2.44. The lowest BCUT2D eigenvalue weighted by molar-refractivity contribution is -0.138. The minimum absolute atomic E-state index is 0.0625. The summed E-state index contributed by atoms with van der Waals surface area (Å²) in [5.41, 5.74) is 1.83. The summed E-state index contributed by atoms with van der Waals surface area (Å²) in [5.74, 6) is 0.511. The predicted molar refractivity (Wildman–Crippen MR) is 151 cm³/mol. The van der Waals surface area contributed by atoms with Gasteiger partial charge in [-0.2, -0.15) is 18.2 Å². The molecule has 0 radical (unpaired) electrons. The van der Waals surface area contributed by atoms with Crippen molar-refractivity contribution >= 4 is 28.6 Å². The monoisotopic (exact) mass is 567 g/mol. The molecule has 216 valence electrons. The van der Waals surface area contributed by atoms with Gasteiger partial charge in [0.1, 0.15) is 11.3 Å². The van der Waals surface area contributed by atoms with Gasteiger partial charge in [-0.3, -0.25) is 9.69 Å². The molecule has 0 spiro atoms. The third-order valence-electron chi connectivity index (χ3n) is 7.23. The second-order valence-electron chi connectivity index (χ2n) is 10.2. The second-order valence-corrected chi connectivity index (χ2v) is 10.2. The van der Waals surface area contributed by atoms with E-state index in [1.165, 1.54) is 12.1 Å². The molecule has 1 fully saturated rings. The van der Waals surface area contributed by atoms with E-state index in [4.69, 9.17) is 4.74 Å². The van der Waals surface area contributed by atoms with Gasteiger partial charge in [-0.05, 0) is 55.4 Å². The number of hydrogen-bond acceptors (Lipinski definition) is 7. The number of amides is 1. The summed E-state index contributed by atoms with van der Waals surface area (Å²) in [6.07, 6.45) is -2.71. The lowest BCUT2D eigenvalue weighted by Gasteiger charge is -2.33. The molecule has 0 atom stereocenters. The quantitative estimate of drug-likeness (QED) is 0.320. The Labute approximate surface area is 235 Å². The van der Waals surface area contributed by atoms with Gasteiger partial charge in [0.2, 0.25) is 11.8 Å². The first-order valence-electron chi connectivity index (χ1n) is 13.2. The molecule has 1 aliphatic heterocycles. The Hall–Kier alpha value is -4.16. The molecular weight excluding hydrogens is 535 g/mol. The molecule has 41 heavy (non-hydrogen) atoms. The molecule has 4 aromatic rings. The molecule has 0 bridgehead atoms. The maximum atomic E-state index is 14.0. The van der Waals surface area contributed by atoms with E-state index in [1.807, 2.05) is 42.7 Å². The number of halogens is 3. The zero-order valence-corrected chi connectivity index (χ0v) is 23.3. The van der Waals surface area contributed by atoms with Crippen LogP contribution in [0.5, 0.6) is 11.6 Å². The molecular formula is C29H32F3N7O2. The Bertz CT molecular complexity index is 1580. The highest BCUT2D eigenvalue weighted by atomic mass is 19.4. The number of fused-ring (bicyclic) bond motifs is 1. The summed E-state index contributed by atoms with van der Waals surface area (Å²) in [5, 5.41) is 5.53. The number of benzene rings is 2. The highest BCUT2D eigenvalue weighted by molar-refractivity contribution is 6.04. The van der Waals surface area contributed by atoms with Crippen LogP contribution in [0.3, 0.4) is 0 Å². The van der Waals surface area contributed by atoms with Gasteiger partial charge < -0.3 is 24.8 Å². The van der Waals surface area contributed by atoms with Crippen molar-refractivity contribution in [2.45, 2.75) is 19.6 Å². The fraction of sp³-hybridized carbons (Fsp3) is 0.345. The largest absolute Gasteiger partial charge is 0.437 e. The summed E-state index contributed by atoms with van der Waals surface area (Å²) in [6.45, 7) is 5.04. The average molecular weight is 568 g/mol. The maximum Gasteiger partial charge on any atom is 0.416 e. The number of carbonyl (C=O) groups excluding carboxylic acids is 1. The summed E-state index contributed by atoms with van der Waals surface area (Å²) < 4.78 is 50.0. The van der Waals surface area contributed by atoms with Gasteiger partial charge in [0.25, 0.3) is 5.91 Å². The molecule has 0 unspecified atom stereocenters. The second kappa shape index (κ2) is 11.4. The number of piperazine rings is 1. The van der Waals surface area contributed by atoms with Gasteiger partial charge >= 0.3 is 6.18 Å². The van der Waals surface area contributed by atoms with E-state index in [0.29, 0.717) is 41.7 Å². The van der Waals surface area contributed by atoms with Crippen molar-refractivity contribution in [2.75, 3.05) is 50.9 Å². The van der Waals surface area contributed by atoms with Crippen LogP contribution in [0, 0.1) is 6.92 Å². The maximum absolute atomic E-state index is 14.0. The summed E-state index contributed by atoms with van der Waals surface area (Å²) in [6, 6.07) is 10.7. The molecule has 2 aromatic heterocycles. The molecule has 0 saturated carbocycles. The first kappa shape index (κ1) is 28.4. The van der Waals surface area contributed by atoms with Crippen LogP contribution in [-0.4, -0.2) is 70.5 Å². The number of aryl methyl sites for hydroxylation is 2. The zero-order chi connectivity index (χ0) is 29.3. The van der Waals surface area contributed by atoms with Crippen molar-refractivity contribution in [3.05, 3.63) is 70.9 Å². The fourth-order valence-electron chi connectivity index (χ4n) is 4.80. The smallest absolute Gasteiger partial charge is 0.416 e. The summed E-state index contributed by atoms with van der Waals surface area (Å²) >= 11 is 0. The van der Waals surface area contributed by atoms with Crippen molar-refractivity contribution in [3.8, 4) is 11.6 Å². The Kier molecular flexibility index (Phi) is 7.87. The number of carbonyl (C=O) groups is 1. The number of alkyl halides is 3. The standard InChI is InChI=1S/C29H32F3N7O2/c1-18-5-6-19(15-24(18)41-27-25-23(9-10-38(25)4)35-28(33-2)36-27)26(40)34-21-8-7-20(22(16-21)29(30,31)32)17-39-13-11-37(3)12-14-39/h5-10,15-16H,11-14,17H2,1-4H3,(H,34,40)(H,33,35,36). The number of nitrogens with one attached hydrogen (secondary N) is 2. The normalized spacial score (nSPS) is 14.8. The van der Waals surface area contributed by atoms with Crippen LogP contribution in [0.4, 0.5) is 24.8 Å². The van der Waals surface area contributed by atoms with Gasteiger partial charge in [0.15, 0.2) is 0 Å². The molecule has 1 saturated heterocycles. The van der Waals surface area contributed by atoms with Crippen molar-refractivity contribution in [1.82, 2.24) is 24.3 Å². The van der Waals surface area contributed by atoms with Crippen LogP contribution in [0.15, 0.2) is 48.7 Å². The Morgan fingerprint density at radius 3 is 2.49 bits per heavy atom. The molecule has 2 N–H and O–H groups in total. The van der Waals surface area contributed by atoms with Crippen LogP contribution in [0.2, 0.25) is 0 Å². The summed E-state index contributed by atoms with van der Waals surface area (Å²) in [4.78, 5) is 26.2. The Balaban J connectivity index is 1.37. The molecule has 12 heteroatoms. The molecule has 2 aromatic carbocycles. The summed E-state index contributed by atoms with van der Waals surface area (Å²) in [7, 11) is 5.55. The number of hydrogen-bond donors (Lipinski definition) is 2. The van der Waals surface area contributed by atoms with E-state index in [9.17, 15) is 18.0 Å². The van der Waals surface area contributed by atoms with E-state index in [1.54, 1.807) is 25.2 Å². The number of aromatic nitrogens is 3. The van der Waals surface area contributed by atoms with Crippen molar-refractivity contribution in [2.24, 2.45) is 7.05 Å². The first-order valence-corrected chi connectivity index (χ1v) is 13.2. The van der Waals surface area contributed by atoms with Crippen molar-refractivity contribution < 1.29 is 22.7 Å². The third kappa shape index (κ3) is 6.28. The third-order valence-corrected chi connectivity index (χ3v) is 7.23. The molecule has 5 rings (SSSR count). The highest BCUT2D eigenvalue weighted by Crippen LogP contribution is 2.35. The van der Waals surface area contributed by atoms with Crippen LogP contribution in [0.25, 0.3) is 11.0 Å². The first-order chi connectivity index (χ1) is 19.5. The molecule has 9 nitrogen and oxygen atoms in total. The molecule has 0 aliphatic carbocycles. The van der Waals surface area contributed by atoms with E-state index in [2.05, 4.69) is 25.5 Å². The van der Waals surface area contributed by atoms with Gasteiger partial charge in [-0.25, -0.2) is 4.98 Å². The van der Waals surface area contributed by atoms with Crippen LogP contribution in [-0.2, 0) is 19.8 Å². The minimum Gasteiger partial charge on any atom is -0.437 e. The number of likely N-dealkylation sites (N-methyl/N-ethyl adjacent to an activating group) is 1. The highest BCUT2D eigenvalue weighted by Gasteiger charge is 2.34. The minimum atomic E-state index is -4.56. The number of ether oxygens (including phenoxy) is 1. The van der Waals surface area contributed by atoms with Crippen molar-refractivity contribution in [1.29, 1.82) is 0 Å². The van der Waals surface area contributed by atoms with Crippen LogP contribution in [0.1, 0.15) is 27.0 Å². The van der Waals surface area contributed by atoms with E-state index in [0.717, 1.165) is 24.7 Å². The average Bonchev–Trinajstić information content (AvgIpc) is 3.31. The zero-order valence-electron chi connectivity index (χ0n) is 23.3. The molecule has 1 aliphatic rings. The lowest BCUT2D eigenvalue weighted by atomic mass is 10.0.